The number of thiazole rings is 1. The van der Waals surface area contributed by atoms with Crippen molar-refractivity contribution < 1.29 is 4.79 Å². The lowest BCUT2D eigenvalue weighted by atomic mass is 10.3. The minimum atomic E-state index is -0.101. The van der Waals surface area contributed by atoms with Crippen LogP contribution in [0.2, 0.25) is 5.02 Å². The van der Waals surface area contributed by atoms with Crippen LogP contribution in [0.5, 0.6) is 0 Å². The smallest absolute Gasteiger partial charge is 0.230 e. The van der Waals surface area contributed by atoms with Crippen molar-refractivity contribution >= 4 is 51.4 Å². The maximum atomic E-state index is 12.2. The Morgan fingerprint density at radius 1 is 1.39 bits per heavy atom. The van der Waals surface area contributed by atoms with Gasteiger partial charge in [0.05, 0.1) is 11.4 Å². The van der Waals surface area contributed by atoms with Crippen LogP contribution < -0.4 is 4.90 Å². The van der Waals surface area contributed by atoms with E-state index in [0.29, 0.717) is 27.5 Å². The van der Waals surface area contributed by atoms with E-state index in [1.807, 2.05) is 17.5 Å². The van der Waals surface area contributed by atoms with Crippen LogP contribution in [0.4, 0.5) is 10.8 Å². The van der Waals surface area contributed by atoms with E-state index in [9.17, 15) is 4.79 Å². The molecule has 1 fully saturated rings. The van der Waals surface area contributed by atoms with Crippen LogP contribution in [-0.2, 0) is 17.1 Å². The van der Waals surface area contributed by atoms with Crippen LogP contribution in [0, 0.1) is 0 Å². The molecular weight excluding hydrogens is 414 g/mol. The molecule has 0 bridgehead atoms. The molecule has 4 rings (SSSR count). The summed E-state index contributed by atoms with van der Waals surface area (Å²) in [4.78, 5) is 18.5. The SMILES string of the molecule is CCn1c(SCc2csc(N(C(C)=O)c3cccc(Cl)c3)n2)nnc1C1CC1. The van der Waals surface area contributed by atoms with Crippen molar-refractivity contribution in [3.05, 3.63) is 46.2 Å². The molecule has 1 aliphatic rings. The first-order valence-corrected chi connectivity index (χ1v) is 11.4. The maximum Gasteiger partial charge on any atom is 0.230 e. The van der Waals surface area contributed by atoms with Crippen molar-refractivity contribution in [3.63, 3.8) is 0 Å². The molecule has 0 atom stereocenters. The van der Waals surface area contributed by atoms with Crippen molar-refractivity contribution in [1.29, 1.82) is 0 Å². The van der Waals surface area contributed by atoms with E-state index in [4.69, 9.17) is 11.6 Å². The van der Waals surface area contributed by atoms with Gasteiger partial charge in [0.2, 0.25) is 5.91 Å². The number of nitrogens with zero attached hydrogens (tertiary/aromatic N) is 5. The van der Waals surface area contributed by atoms with Gasteiger partial charge < -0.3 is 4.57 Å². The van der Waals surface area contributed by atoms with E-state index in [-0.39, 0.29) is 5.91 Å². The van der Waals surface area contributed by atoms with Gasteiger partial charge in [-0.3, -0.25) is 9.69 Å². The summed E-state index contributed by atoms with van der Waals surface area (Å²) in [6, 6.07) is 7.23. The molecule has 6 nitrogen and oxygen atoms in total. The molecule has 3 aromatic rings. The van der Waals surface area contributed by atoms with Gasteiger partial charge in [0, 0.05) is 35.5 Å². The molecule has 0 unspecified atom stereocenters. The first kappa shape index (κ1) is 19.4. The van der Waals surface area contributed by atoms with E-state index in [0.717, 1.165) is 23.2 Å². The van der Waals surface area contributed by atoms with Crippen LogP contribution in [-0.4, -0.2) is 25.7 Å². The van der Waals surface area contributed by atoms with Gasteiger partial charge in [0.25, 0.3) is 0 Å². The third-order valence-corrected chi connectivity index (χ3v) is 6.58. The fourth-order valence-corrected chi connectivity index (χ4v) is 5.07. The average Bonchev–Trinajstić information content (AvgIpc) is 3.26. The Hall–Kier alpha value is -1.90. The summed E-state index contributed by atoms with van der Waals surface area (Å²) in [6.07, 6.45) is 2.42. The van der Waals surface area contributed by atoms with Crippen molar-refractivity contribution in [3.8, 4) is 0 Å². The molecule has 146 valence electrons. The Morgan fingerprint density at radius 2 is 2.21 bits per heavy atom. The van der Waals surface area contributed by atoms with E-state index in [1.165, 1.54) is 31.1 Å². The average molecular weight is 434 g/mol. The summed E-state index contributed by atoms with van der Waals surface area (Å²) in [6.45, 7) is 4.52. The van der Waals surface area contributed by atoms with Gasteiger partial charge in [-0.1, -0.05) is 29.4 Å². The molecular formula is C19H20ClN5OS2. The molecule has 1 saturated carbocycles. The zero-order valence-corrected chi connectivity index (χ0v) is 18.0. The Labute approximate surface area is 176 Å². The van der Waals surface area contributed by atoms with Gasteiger partial charge in [-0.2, -0.15) is 0 Å². The summed E-state index contributed by atoms with van der Waals surface area (Å²) >= 11 is 9.17. The predicted octanol–water partition coefficient (Wildman–Crippen LogP) is 5.26. The summed E-state index contributed by atoms with van der Waals surface area (Å²) in [7, 11) is 0. The monoisotopic (exact) mass is 433 g/mol. The lowest BCUT2D eigenvalue weighted by Gasteiger charge is -2.18. The Morgan fingerprint density at radius 3 is 2.89 bits per heavy atom. The van der Waals surface area contributed by atoms with E-state index < -0.39 is 0 Å². The van der Waals surface area contributed by atoms with Gasteiger partial charge in [-0.15, -0.1) is 21.5 Å². The summed E-state index contributed by atoms with van der Waals surface area (Å²) < 4.78 is 2.20. The molecule has 1 aromatic carbocycles. The fraction of sp³-hybridized carbons (Fsp3) is 0.368. The minimum absolute atomic E-state index is 0.101. The van der Waals surface area contributed by atoms with Gasteiger partial charge in [-0.25, -0.2) is 4.98 Å². The Kier molecular flexibility index (Phi) is 5.70. The highest BCUT2D eigenvalue weighted by Gasteiger charge is 2.30. The Balaban J connectivity index is 1.50. The van der Waals surface area contributed by atoms with E-state index in [1.54, 1.807) is 28.8 Å². The normalized spacial score (nSPS) is 13.7. The maximum absolute atomic E-state index is 12.2. The quantitative estimate of drug-likeness (QED) is 0.475. The largest absolute Gasteiger partial charge is 0.306 e. The number of aromatic nitrogens is 4. The molecule has 2 heterocycles. The predicted molar refractivity (Wildman–Crippen MR) is 114 cm³/mol. The molecule has 0 saturated heterocycles. The van der Waals surface area contributed by atoms with Crippen molar-refractivity contribution in [2.45, 2.75) is 50.1 Å². The van der Waals surface area contributed by atoms with Crippen molar-refractivity contribution in [2.75, 3.05) is 4.90 Å². The summed E-state index contributed by atoms with van der Waals surface area (Å²) in [5, 5.41) is 12.9. The number of hydrogen-bond donors (Lipinski definition) is 0. The lowest BCUT2D eigenvalue weighted by molar-refractivity contribution is -0.115. The van der Waals surface area contributed by atoms with E-state index in [2.05, 4.69) is 26.7 Å². The second-order valence-electron chi connectivity index (χ2n) is 6.60. The molecule has 0 N–H and O–H groups in total. The van der Waals surface area contributed by atoms with Crippen LogP contribution in [0.25, 0.3) is 0 Å². The second kappa shape index (κ2) is 8.23. The molecule has 0 spiro atoms. The third kappa shape index (κ3) is 4.09. The number of amides is 1. The number of carbonyl (C=O) groups excluding carboxylic acids is 1. The summed E-state index contributed by atoms with van der Waals surface area (Å²) in [5.41, 5.74) is 1.63. The van der Waals surface area contributed by atoms with Crippen LogP contribution in [0.15, 0.2) is 34.8 Å². The number of thioether (sulfide) groups is 1. The number of anilines is 2. The number of carbonyl (C=O) groups is 1. The lowest BCUT2D eigenvalue weighted by Crippen LogP contribution is -2.22. The molecule has 0 aliphatic heterocycles. The number of hydrogen-bond acceptors (Lipinski definition) is 6. The van der Waals surface area contributed by atoms with Gasteiger partial charge in [0.15, 0.2) is 10.3 Å². The van der Waals surface area contributed by atoms with Crippen molar-refractivity contribution in [2.24, 2.45) is 0 Å². The highest BCUT2D eigenvalue weighted by atomic mass is 35.5. The minimum Gasteiger partial charge on any atom is -0.306 e. The molecule has 1 aliphatic carbocycles. The first-order chi connectivity index (χ1) is 13.6. The highest BCUT2D eigenvalue weighted by molar-refractivity contribution is 7.98. The molecule has 1 amide bonds. The molecule has 9 heteroatoms. The van der Waals surface area contributed by atoms with Gasteiger partial charge >= 0.3 is 0 Å². The van der Waals surface area contributed by atoms with Gasteiger partial charge in [0.1, 0.15) is 5.82 Å². The molecule has 28 heavy (non-hydrogen) atoms. The Bertz CT molecular complexity index is 998. The fourth-order valence-electron chi connectivity index (χ4n) is 2.99. The standard InChI is InChI=1S/C19H20ClN5OS2/c1-3-24-17(13-7-8-13)22-23-19(24)28-11-15-10-27-18(21-15)25(12(2)26)16-6-4-5-14(20)9-16/h4-6,9-10,13H,3,7-8,11H2,1-2H3. The van der Waals surface area contributed by atoms with E-state index >= 15 is 0 Å². The van der Waals surface area contributed by atoms with Crippen molar-refractivity contribution in [1.82, 2.24) is 19.7 Å². The van der Waals surface area contributed by atoms with Crippen LogP contribution in [0.1, 0.15) is 44.1 Å². The molecule has 2 aromatic heterocycles. The van der Waals surface area contributed by atoms with Crippen LogP contribution in [0.3, 0.4) is 0 Å². The highest BCUT2D eigenvalue weighted by Crippen LogP contribution is 2.40. The first-order valence-electron chi connectivity index (χ1n) is 9.13. The summed E-state index contributed by atoms with van der Waals surface area (Å²) in [5.74, 6) is 2.26. The second-order valence-corrected chi connectivity index (χ2v) is 8.82. The molecule has 0 radical (unpaired) electrons. The number of benzene rings is 1. The van der Waals surface area contributed by atoms with Gasteiger partial charge in [-0.05, 0) is 38.0 Å². The third-order valence-electron chi connectivity index (χ3n) is 4.47. The van der Waals surface area contributed by atoms with Crippen LogP contribution >= 0.6 is 34.7 Å². The number of halogens is 1. The zero-order valence-electron chi connectivity index (χ0n) is 15.6. The zero-order chi connectivity index (χ0) is 19.7. The number of rotatable bonds is 7. The topological polar surface area (TPSA) is 63.9 Å².